The minimum atomic E-state index is -2.78. The summed E-state index contributed by atoms with van der Waals surface area (Å²) in [5.41, 5.74) is 4.71. The Morgan fingerprint density at radius 1 is 0.889 bits per heavy atom. The number of hydrogen-bond acceptors (Lipinski definition) is 7. The lowest BCUT2D eigenvalue weighted by molar-refractivity contribution is 0.116. The molecule has 10 heteroatoms. The molecule has 2 aromatic carbocycles. The second-order valence-corrected chi connectivity index (χ2v) is 9.41. The van der Waals surface area contributed by atoms with Crippen LogP contribution in [0.4, 0.5) is 8.78 Å². The van der Waals surface area contributed by atoms with Crippen LogP contribution in [0, 0.1) is 0 Å². The van der Waals surface area contributed by atoms with Gasteiger partial charge in [0.15, 0.2) is 0 Å². The van der Waals surface area contributed by atoms with Gasteiger partial charge in [0.25, 0.3) is 5.89 Å². The van der Waals surface area contributed by atoms with Crippen LogP contribution in [0.5, 0.6) is 0 Å². The Hall–Kier alpha value is -3.50. The van der Waals surface area contributed by atoms with Crippen LogP contribution in [0.15, 0.2) is 59.1 Å². The van der Waals surface area contributed by atoms with E-state index in [1.165, 1.54) is 18.4 Å². The topological polar surface area (TPSA) is 76.1 Å². The van der Waals surface area contributed by atoms with Gasteiger partial charge >= 0.3 is 6.43 Å². The van der Waals surface area contributed by atoms with E-state index < -0.39 is 12.3 Å². The molecule has 0 spiro atoms. The fourth-order valence-corrected chi connectivity index (χ4v) is 4.52. The van der Waals surface area contributed by atoms with Crippen molar-refractivity contribution in [2.75, 3.05) is 27.2 Å². The quantitative estimate of drug-likeness (QED) is 0.358. The van der Waals surface area contributed by atoms with Gasteiger partial charge in [0.05, 0.1) is 12.7 Å². The first-order chi connectivity index (χ1) is 17.4. The third-order valence-corrected chi connectivity index (χ3v) is 6.65. The summed E-state index contributed by atoms with van der Waals surface area (Å²) in [6, 6.07) is 16.5. The number of piperidine rings is 1. The van der Waals surface area contributed by atoms with Gasteiger partial charge in [-0.15, -0.1) is 15.3 Å². The van der Waals surface area contributed by atoms with Gasteiger partial charge in [0.1, 0.15) is 5.69 Å². The minimum absolute atomic E-state index is 0.0707. The summed E-state index contributed by atoms with van der Waals surface area (Å²) in [5, 5.41) is 15.6. The molecular formula is C26H29F2N7O. The molecule has 1 aliphatic rings. The van der Waals surface area contributed by atoms with Gasteiger partial charge in [-0.2, -0.15) is 8.78 Å². The van der Waals surface area contributed by atoms with Crippen LogP contribution >= 0.6 is 0 Å². The van der Waals surface area contributed by atoms with Crippen LogP contribution in [-0.4, -0.2) is 68.2 Å². The molecule has 36 heavy (non-hydrogen) atoms. The SMILES string of the molecule is CN(C)C1CCN(Cc2ccc(-c3cn(Cc4ccc(-c5nnc(C(F)F)o5)cc4)nn3)cc2)CC1. The van der Waals surface area contributed by atoms with Crippen LogP contribution in [-0.2, 0) is 13.1 Å². The molecule has 0 N–H and O–H groups in total. The van der Waals surface area contributed by atoms with Crippen molar-refractivity contribution in [1.82, 2.24) is 35.0 Å². The lowest BCUT2D eigenvalue weighted by Gasteiger charge is -2.35. The van der Waals surface area contributed by atoms with Crippen molar-refractivity contribution in [2.45, 2.75) is 38.4 Å². The van der Waals surface area contributed by atoms with Gasteiger partial charge in [0, 0.05) is 23.7 Å². The maximum Gasteiger partial charge on any atom is 0.314 e. The Bertz CT molecular complexity index is 1260. The van der Waals surface area contributed by atoms with Gasteiger partial charge in [-0.25, -0.2) is 4.68 Å². The van der Waals surface area contributed by atoms with Gasteiger partial charge in [-0.05, 0) is 63.3 Å². The molecule has 0 atom stereocenters. The predicted molar refractivity (Wildman–Crippen MR) is 131 cm³/mol. The highest BCUT2D eigenvalue weighted by Crippen LogP contribution is 2.24. The zero-order valence-electron chi connectivity index (χ0n) is 20.4. The van der Waals surface area contributed by atoms with Gasteiger partial charge in [0.2, 0.25) is 5.89 Å². The molecule has 4 aromatic rings. The van der Waals surface area contributed by atoms with Crippen LogP contribution in [0.1, 0.15) is 36.3 Å². The van der Waals surface area contributed by atoms with E-state index in [0.717, 1.165) is 36.5 Å². The first kappa shape index (κ1) is 24.2. The van der Waals surface area contributed by atoms with Gasteiger partial charge in [-0.1, -0.05) is 41.6 Å². The maximum atomic E-state index is 12.7. The summed E-state index contributed by atoms with van der Waals surface area (Å²) in [4.78, 5) is 4.85. The normalized spacial score (nSPS) is 15.3. The molecule has 0 bridgehead atoms. The Morgan fingerprint density at radius 3 is 2.14 bits per heavy atom. The highest BCUT2D eigenvalue weighted by Gasteiger charge is 2.20. The Labute approximate surface area is 208 Å². The standard InChI is InChI=1S/C26H29F2N7O/c1-33(2)22-11-13-34(14-12-22)15-18-3-7-20(8-4-18)23-17-35(32-29-23)16-19-5-9-21(10-6-19)25-30-31-26(36-25)24(27)28/h3-10,17,22,24H,11-16H2,1-2H3. The molecule has 1 saturated heterocycles. The number of rotatable bonds is 8. The molecule has 0 aliphatic carbocycles. The zero-order valence-corrected chi connectivity index (χ0v) is 20.4. The average Bonchev–Trinajstić information content (AvgIpc) is 3.56. The van der Waals surface area contributed by atoms with Crippen molar-refractivity contribution in [3.63, 3.8) is 0 Å². The van der Waals surface area contributed by atoms with E-state index in [9.17, 15) is 8.78 Å². The highest BCUT2D eigenvalue weighted by atomic mass is 19.3. The first-order valence-electron chi connectivity index (χ1n) is 12.0. The van der Waals surface area contributed by atoms with Crippen molar-refractivity contribution in [3.8, 4) is 22.7 Å². The molecule has 0 saturated carbocycles. The van der Waals surface area contributed by atoms with E-state index in [1.807, 2.05) is 18.3 Å². The van der Waals surface area contributed by atoms with Crippen molar-refractivity contribution in [1.29, 1.82) is 0 Å². The maximum absolute atomic E-state index is 12.7. The van der Waals surface area contributed by atoms with Crippen LogP contribution in [0.2, 0.25) is 0 Å². The van der Waals surface area contributed by atoms with E-state index in [4.69, 9.17) is 4.42 Å². The summed E-state index contributed by atoms with van der Waals surface area (Å²) >= 11 is 0. The van der Waals surface area contributed by atoms with E-state index >= 15 is 0 Å². The number of aromatic nitrogens is 5. The lowest BCUT2D eigenvalue weighted by Crippen LogP contribution is -2.41. The third-order valence-electron chi connectivity index (χ3n) is 6.65. The lowest BCUT2D eigenvalue weighted by atomic mass is 10.0. The fourth-order valence-electron chi connectivity index (χ4n) is 4.52. The van der Waals surface area contributed by atoms with Crippen molar-refractivity contribution < 1.29 is 13.2 Å². The third kappa shape index (κ3) is 5.66. The van der Waals surface area contributed by atoms with Crippen molar-refractivity contribution in [2.24, 2.45) is 0 Å². The van der Waals surface area contributed by atoms with Gasteiger partial charge in [-0.3, -0.25) is 4.90 Å². The fraction of sp³-hybridized carbons (Fsp3) is 0.385. The summed E-state index contributed by atoms with van der Waals surface area (Å²) in [6.45, 7) is 3.76. The minimum Gasteiger partial charge on any atom is -0.415 e. The molecule has 1 aliphatic heterocycles. The predicted octanol–water partition coefficient (Wildman–Crippen LogP) is 4.51. The van der Waals surface area contributed by atoms with Crippen LogP contribution in [0.3, 0.4) is 0 Å². The summed E-state index contributed by atoms with van der Waals surface area (Å²) in [6.07, 6.45) is 1.57. The van der Waals surface area contributed by atoms with Crippen molar-refractivity contribution in [3.05, 3.63) is 71.7 Å². The monoisotopic (exact) mass is 493 g/mol. The molecule has 8 nitrogen and oxygen atoms in total. The van der Waals surface area contributed by atoms with E-state index in [-0.39, 0.29) is 5.89 Å². The Kier molecular flexibility index (Phi) is 7.15. The zero-order chi connectivity index (χ0) is 25.1. The number of halogens is 2. The number of nitrogens with zero attached hydrogens (tertiary/aromatic N) is 7. The molecule has 0 radical (unpaired) electrons. The van der Waals surface area contributed by atoms with E-state index in [1.54, 1.807) is 16.8 Å². The van der Waals surface area contributed by atoms with E-state index in [0.29, 0.717) is 18.2 Å². The number of benzene rings is 2. The molecule has 0 amide bonds. The molecule has 3 heterocycles. The summed E-state index contributed by atoms with van der Waals surface area (Å²) in [7, 11) is 4.33. The molecular weight excluding hydrogens is 464 g/mol. The molecule has 5 rings (SSSR count). The molecule has 1 fully saturated rings. The van der Waals surface area contributed by atoms with Crippen LogP contribution in [0.25, 0.3) is 22.7 Å². The Balaban J connectivity index is 1.17. The average molecular weight is 494 g/mol. The number of likely N-dealkylation sites (tertiary alicyclic amines) is 1. The molecule has 0 unspecified atom stereocenters. The molecule has 2 aromatic heterocycles. The summed E-state index contributed by atoms with van der Waals surface area (Å²) < 4.78 is 32.1. The number of alkyl halides is 2. The highest BCUT2D eigenvalue weighted by molar-refractivity contribution is 5.58. The van der Waals surface area contributed by atoms with Gasteiger partial charge < -0.3 is 9.32 Å². The van der Waals surface area contributed by atoms with Crippen LogP contribution < -0.4 is 0 Å². The summed E-state index contributed by atoms with van der Waals surface area (Å²) in [5.74, 6) is -0.608. The Morgan fingerprint density at radius 2 is 1.53 bits per heavy atom. The second-order valence-electron chi connectivity index (χ2n) is 9.41. The first-order valence-corrected chi connectivity index (χ1v) is 12.0. The smallest absolute Gasteiger partial charge is 0.314 e. The largest absolute Gasteiger partial charge is 0.415 e. The van der Waals surface area contributed by atoms with E-state index in [2.05, 4.69) is 68.7 Å². The van der Waals surface area contributed by atoms with Crippen molar-refractivity contribution >= 4 is 0 Å². The second kappa shape index (κ2) is 10.6. The number of hydrogen-bond donors (Lipinski definition) is 0. The molecule has 188 valence electrons.